The SMILES string of the molecule is CC1(C)[C@H](C(=O)O)[C@H]1c1ccccc1[N+](=O)[O-]. The molecule has 0 heterocycles. The van der Waals surface area contributed by atoms with E-state index in [-0.39, 0.29) is 11.6 Å². The average molecular weight is 235 g/mol. The number of nitro benzene ring substituents is 1. The van der Waals surface area contributed by atoms with Crippen LogP contribution in [0.2, 0.25) is 0 Å². The van der Waals surface area contributed by atoms with E-state index in [9.17, 15) is 14.9 Å². The first-order chi connectivity index (χ1) is 7.87. The first-order valence-corrected chi connectivity index (χ1v) is 5.33. The van der Waals surface area contributed by atoms with Crippen LogP contribution in [0.1, 0.15) is 25.3 Å². The Kier molecular flexibility index (Phi) is 2.41. The maximum absolute atomic E-state index is 11.1. The molecule has 0 aromatic heterocycles. The van der Waals surface area contributed by atoms with Gasteiger partial charge in [0.1, 0.15) is 0 Å². The second-order valence-corrected chi connectivity index (χ2v) is 4.93. The van der Waals surface area contributed by atoms with Crippen molar-refractivity contribution in [3.8, 4) is 0 Å². The molecule has 0 amide bonds. The van der Waals surface area contributed by atoms with E-state index in [1.807, 2.05) is 13.8 Å². The van der Waals surface area contributed by atoms with Crippen LogP contribution in [-0.4, -0.2) is 16.0 Å². The van der Waals surface area contributed by atoms with Crippen LogP contribution in [-0.2, 0) is 4.79 Å². The summed E-state index contributed by atoms with van der Waals surface area (Å²) in [5.41, 5.74) is 0.113. The van der Waals surface area contributed by atoms with E-state index in [1.54, 1.807) is 18.2 Å². The van der Waals surface area contributed by atoms with E-state index >= 15 is 0 Å². The van der Waals surface area contributed by atoms with Crippen LogP contribution in [0, 0.1) is 21.4 Å². The molecule has 0 bridgehead atoms. The highest BCUT2D eigenvalue weighted by Crippen LogP contribution is 2.65. The molecule has 0 saturated heterocycles. The summed E-state index contributed by atoms with van der Waals surface area (Å²) in [7, 11) is 0. The van der Waals surface area contributed by atoms with Gasteiger partial charge >= 0.3 is 5.97 Å². The topological polar surface area (TPSA) is 80.4 Å². The number of hydrogen-bond donors (Lipinski definition) is 1. The molecule has 0 unspecified atom stereocenters. The summed E-state index contributed by atoms with van der Waals surface area (Å²) in [6.07, 6.45) is 0. The third kappa shape index (κ3) is 1.67. The van der Waals surface area contributed by atoms with Gasteiger partial charge in [-0.3, -0.25) is 14.9 Å². The van der Waals surface area contributed by atoms with Gasteiger partial charge in [0.25, 0.3) is 5.69 Å². The summed E-state index contributed by atoms with van der Waals surface area (Å²) in [5, 5.41) is 20.0. The summed E-state index contributed by atoms with van der Waals surface area (Å²) in [5.74, 6) is -1.71. The van der Waals surface area contributed by atoms with Crippen LogP contribution in [0.5, 0.6) is 0 Å². The number of para-hydroxylation sites is 1. The minimum Gasteiger partial charge on any atom is -0.481 e. The number of carbonyl (C=O) groups is 1. The van der Waals surface area contributed by atoms with E-state index < -0.39 is 22.2 Å². The minimum absolute atomic E-state index is 0.00863. The van der Waals surface area contributed by atoms with Crippen LogP contribution in [0.4, 0.5) is 5.69 Å². The van der Waals surface area contributed by atoms with Crippen LogP contribution in [0.3, 0.4) is 0 Å². The maximum Gasteiger partial charge on any atom is 0.307 e. The molecular formula is C12H13NO4. The standard InChI is InChI=1S/C12H13NO4/c1-12(2)9(10(12)11(14)15)7-5-3-4-6-8(7)13(16)17/h3-6,9-10H,1-2H3,(H,14,15)/t9-,10+/m1/s1. The Balaban J connectivity index is 2.44. The number of nitrogens with zero attached hydrogens (tertiary/aromatic N) is 1. The average Bonchev–Trinajstić information content (AvgIpc) is 2.81. The summed E-state index contributed by atoms with van der Waals surface area (Å²) in [4.78, 5) is 21.5. The largest absolute Gasteiger partial charge is 0.481 e. The Bertz CT molecular complexity index is 495. The number of carboxylic acids is 1. The predicted octanol–water partition coefficient (Wildman–Crippen LogP) is 2.42. The van der Waals surface area contributed by atoms with Gasteiger partial charge in [0.15, 0.2) is 0 Å². The van der Waals surface area contributed by atoms with Crippen LogP contribution in [0.25, 0.3) is 0 Å². The molecule has 1 fully saturated rings. The number of carboxylic acid groups (broad SMARTS) is 1. The van der Waals surface area contributed by atoms with Gasteiger partial charge in [-0.15, -0.1) is 0 Å². The number of hydrogen-bond acceptors (Lipinski definition) is 3. The van der Waals surface area contributed by atoms with Crippen molar-refractivity contribution >= 4 is 11.7 Å². The predicted molar refractivity (Wildman–Crippen MR) is 60.7 cm³/mol. The van der Waals surface area contributed by atoms with Crippen molar-refractivity contribution in [2.45, 2.75) is 19.8 Å². The molecule has 1 aliphatic rings. The second-order valence-electron chi connectivity index (χ2n) is 4.93. The molecule has 1 aromatic rings. The lowest BCUT2D eigenvalue weighted by atomic mass is 10.0. The number of rotatable bonds is 3. The highest BCUT2D eigenvalue weighted by molar-refractivity contribution is 5.78. The van der Waals surface area contributed by atoms with Crippen molar-refractivity contribution in [2.24, 2.45) is 11.3 Å². The van der Waals surface area contributed by atoms with Gasteiger partial charge in [-0.1, -0.05) is 32.0 Å². The first-order valence-electron chi connectivity index (χ1n) is 5.33. The van der Waals surface area contributed by atoms with Gasteiger partial charge < -0.3 is 5.11 Å². The first kappa shape index (κ1) is 11.6. The second kappa shape index (κ2) is 3.55. The lowest BCUT2D eigenvalue weighted by Gasteiger charge is -2.03. The normalized spacial score (nSPS) is 25.3. The fourth-order valence-corrected chi connectivity index (χ4v) is 2.60. The summed E-state index contributed by atoms with van der Waals surface area (Å²) < 4.78 is 0. The van der Waals surface area contributed by atoms with Crippen molar-refractivity contribution in [1.29, 1.82) is 0 Å². The Morgan fingerprint density at radius 1 is 1.41 bits per heavy atom. The Morgan fingerprint density at radius 2 is 2.00 bits per heavy atom. The Morgan fingerprint density at radius 3 is 2.47 bits per heavy atom. The van der Waals surface area contributed by atoms with Gasteiger partial charge in [-0.05, 0) is 5.41 Å². The van der Waals surface area contributed by atoms with E-state index in [0.29, 0.717) is 5.56 Å². The molecule has 1 aliphatic carbocycles. The van der Waals surface area contributed by atoms with Gasteiger partial charge in [0.2, 0.25) is 0 Å². The highest BCUT2D eigenvalue weighted by atomic mass is 16.6. The maximum atomic E-state index is 11.1. The zero-order chi connectivity index (χ0) is 12.8. The lowest BCUT2D eigenvalue weighted by Crippen LogP contribution is -2.03. The van der Waals surface area contributed by atoms with E-state index in [2.05, 4.69) is 0 Å². The zero-order valence-corrected chi connectivity index (χ0v) is 9.58. The molecule has 0 aliphatic heterocycles. The smallest absolute Gasteiger partial charge is 0.307 e. The number of aliphatic carboxylic acids is 1. The van der Waals surface area contributed by atoms with Gasteiger partial charge in [0, 0.05) is 17.5 Å². The molecule has 1 aromatic carbocycles. The third-order valence-electron chi connectivity index (χ3n) is 3.56. The fourth-order valence-electron chi connectivity index (χ4n) is 2.60. The van der Waals surface area contributed by atoms with Gasteiger partial charge in [-0.2, -0.15) is 0 Å². The minimum atomic E-state index is -0.891. The Hall–Kier alpha value is -1.91. The number of nitro groups is 1. The molecule has 0 spiro atoms. The van der Waals surface area contributed by atoms with Crippen molar-refractivity contribution in [2.75, 3.05) is 0 Å². The summed E-state index contributed by atoms with van der Waals surface area (Å²) in [6.45, 7) is 3.65. The van der Waals surface area contributed by atoms with Gasteiger partial charge in [0.05, 0.1) is 10.8 Å². The molecule has 0 radical (unpaired) electrons. The van der Waals surface area contributed by atoms with Crippen molar-refractivity contribution < 1.29 is 14.8 Å². The van der Waals surface area contributed by atoms with E-state index in [0.717, 1.165) is 0 Å². The van der Waals surface area contributed by atoms with Crippen LogP contribution in [0.15, 0.2) is 24.3 Å². The van der Waals surface area contributed by atoms with Crippen LogP contribution < -0.4 is 0 Å². The summed E-state index contributed by atoms with van der Waals surface area (Å²) >= 11 is 0. The molecule has 2 rings (SSSR count). The molecule has 1 saturated carbocycles. The van der Waals surface area contributed by atoms with Gasteiger partial charge in [-0.25, -0.2) is 0 Å². The van der Waals surface area contributed by atoms with Crippen molar-refractivity contribution in [1.82, 2.24) is 0 Å². The van der Waals surface area contributed by atoms with Crippen molar-refractivity contribution in [3.05, 3.63) is 39.9 Å². The quantitative estimate of drug-likeness (QED) is 0.644. The third-order valence-corrected chi connectivity index (χ3v) is 3.56. The van der Waals surface area contributed by atoms with E-state index in [1.165, 1.54) is 6.07 Å². The molecular weight excluding hydrogens is 222 g/mol. The highest BCUT2D eigenvalue weighted by Gasteiger charge is 2.64. The van der Waals surface area contributed by atoms with Crippen molar-refractivity contribution in [3.63, 3.8) is 0 Å². The molecule has 2 atom stereocenters. The molecule has 1 N–H and O–H groups in total. The zero-order valence-electron chi connectivity index (χ0n) is 9.58. The monoisotopic (exact) mass is 235 g/mol. The molecule has 17 heavy (non-hydrogen) atoms. The molecule has 5 nitrogen and oxygen atoms in total. The van der Waals surface area contributed by atoms with Crippen LogP contribution >= 0.6 is 0 Å². The molecule has 90 valence electrons. The lowest BCUT2D eigenvalue weighted by molar-refractivity contribution is -0.385. The molecule has 5 heteroatoms. The fraction of sp³-hybridized carbons (Fsp3) is 0.417. The summed E-state index contributed by atoms with van der Waals surface area (Å²) in [6, 6.07) is 6.36. The Labute approximate surface area is 98.2 Å². The number of benzene rings is 1. The van der Waals surface area contributed by atoms with E-state index in [4.69, 9.17) is 5.11 Å².